The number of fused-ring (bicyclic) bond motifs is 7. The van der Waals surface area contributed by atoms with Crippen LogP contribution in [-0.4, -0.2) is 62.9 Å². The number of aromatic nitrogens is 2. The number of nitrogens with zero attached hydrogens (tertiary/aromatic N) is 2. The Kier molecular flexibility index (Phi) is 8.85. The summed E-state index contributed by atoms with van der Waals surface area (Å²) < 4.78 is 2.65. The quantitative estimate of drug-likeness (QED) is 0.0444. The second-order valence-electron chi connectivity index (χ2n) is 16.1. The number of aromatic hydroxyl groups is 9. The smallest absolute Gasteiger partial charge is 0.206 e. The number of hydrogen-bond acceptors (Lipinski definition) is 9. The largest absolute Gasteiger partial charge is 0.505 e. The number of phenolic OH excluding ortho intramolecular Hbond substituents is 9. The fraction of sp³-hybridized carbons (Fsp3) is 0. The molecule has 0 aliphatic rings. The van der Waals surface area contributed by atoms with E-state index in [2.05, 4.69) is 0 Å². The van der Waals surface area contributed by atoms with E-state index in [-0.39, 0.29) is 49.3 Å². The number of rotatable bonds is 6. The van der Waals surface area contributed by atoms with Crippen molar-refractivity contribution in [1.29, 1.82) is 0 Å². The van der Waals surface area contributed by atoms with Crippen LogP contribution in [0, 0.1) is 0 Å². The molecule has 0 fully saturated rings. The zero-order chi connectivity index (χ0) is 45.7. The predicted molar refractivity (Wildman–Crippen MR) is 257 cm³/mol. The summed E-state index contributed by atoms with van der Waals surface area (Å²) in [6.45, 7) is 0. The van der Waals surface area contributed by atoms with Crippen LogP contribution in [0.4, 0.5) is 0 Å². The number of benzene rings is 9. The molecule has 0 aliphatic heterocycles. The van der Waals surface area contributed by atoms with Crippen molar-refractivity contribution in [3.05, 3.63) is 158 Å². The van der Waals surface area contributed by atoms with E-state index in [0.717, 1.165) is 38.9 Å². The van der Waals surface area contributed by atoms with Crippen molar-refractivity contribution in [1.82, 2.24) is 9.13 Å². The van der Waals surface area contributed by atoms with Gasteiger partial charge in [-0.2, -0.15) is 0 Å². The molecule has 2 aromatic heterocycles. The molecule has 9 N–H and O–H groups in total. The third kappa shape index (κ3) is 5.71. The summed E-state index contributed by atoms with van der Waals surface area (Å²) in [6.07, 6.45) is 0. The van der Waals surface area contributed by atoms with Gasteiger partial charge < -0.3 is 55.1 Å². The fourth-order valence-electron chi connectivity index (χ4n) is 9.31. The molecule has 318 valence electrons. The van der Waals surface area contributed by atoms with Gasteiger partial charge in [-0.25, -0.2) is 0 Å². The lowest BCUT2D eigenvalue weighted by Crippen LogP contribution is -2.05. The highest BCUT2D eigenvalue weighted by Gasteiger charge is 2.34. The lowest BCUT2D eigenvalue weighted by molar-refractivity contribution is 0.350. The molecule has 11 rings (SSSR count). The van der Waals surface area contributed by atoms with Gasteiger partial charge in [0.25, 0.3) is 0 Å². The molecular weight excluding hydrogens is 831 g/mol. The van der Waals surface area contributed by atoms with Crippen LogP contribution in [-0.2, 0) is 0 Å². The zero-order valence-electron chi connectivity index (χ0n) is 34.5. The summed E-state index contributed by atoms with van der Waals surface area (Å²) in [5, 5.41) is 104. The first-order valence-corrected chi connectivity index (χ1v) is 20.7. The van der Waals surface area contributed by atoms with Crippen molar-refractivity contribution in [2.24, 2.45) is 0 Å². The molecule has 0 aliphatic carbocycles. The summed E-state index contributed by atoms with van der Waals surface area (Å²) in [7, 11) is 6.62. The van der Waals surface area contributed by atoms with Crippen LogP contribution in [0.25, 0.3) is 99.5 Å². The average molecular weight is 867 g/mol. The normalized spacial score (nSPS) is 11.6. The second kappa shape index (κ2) is 14.7. The lowest BCUT2D eigenvalue weighted by Gasteiger charge is -2.15. The monoisotopic (exact) mass is 866 g/mol. The molecule has 0 spiro atoms. The van der Waals surface area contributed by atoms with Gasteiger partial charge in [0.05, 0.1) is 10.9 Å². The maximum Gasteiger partial charge on any atom is 0.206 e. The Balaban J connectivity index is 1.20. The maximum atomic E-state index is 12.3. The molecule has 0 unspecified atom stereocenters. The zero-order valence-corrected chi connectivity index (χ0v) is 34.5. The minimum atomic E-state index is -1.08. The highest BCUT2D eigenvalue weighted by atomic mass is 16.3. The van der Waals surface area contributed by atoms with Crippen molar-refractivity contribution in [3.63, 3.8) is 0 Å². The van der Waals surface area contributed by atoms with Crippen LogP contribution in [0.3, 0.4) is 0 Å². The van der Waals surface area contributed by atoms with E-state index in [9.17, 15) is 46.0 Å². The topological polar surface area (TPSA) is 192 Å². The lowest BCUT2D eigenvalue weighted by atomic mass is 9.88. The van der Waals surface area contributed by atoms with Crippen LogP contribution < -0.4 is 5.46 Å². The summed E-state index contributed by atoms with van der Waals surface area (Å²) in [6, 6.07) is 49.5. The van der Waals surface area contributed by atoms with Crippen molar-refractivity contribution in [2.45, 2.75) is 0 Å². The van der Waals surface area contributed by atoms with Crippen LogP contribution in [0.15, 0.2) is 158 Å². The van der Waals surface area contributed by atoms with Crippen LogP contribution >= 0.6 is 0 Å². The van der Waals surface area contributed by atoms with Gasteiger partial charge in [0.2, 0.25) is 17.2 Å². The molecule has 11 aromatic rings. The minimum Gasteiger partial charge on any atom is -0.505 e. The third-order valence-corrected chi connectivity index (χ3v) is 12.5. The fourth-order valence-corrected chi connectivity index (χ4v) is 9.31. The van der Waals surface area contributed by atoms with Crippen LogP contribution in [0.5, 0.6) is 51.7 Å². The van der Waals surface area contributed by atoms with Crippen molar-refractivity contribution in [2.75, 3.05) is 0 Å². The van der Waals surface area contributed by atoms with Gasteiger partial charge in [0.15, 0.2) is 34.5 Å². The van der Waals surface area contributed by atoms with Gasteiger partial charge in [0.1, 0.15) is 24.4 Å². The summed E-state index contributed by atoms with van der Waals surface area (Å²) in [5.74, 6) is -8.14. The predicted octanol–water partition coefficient (Wildman–Crippen LogP) is 10.7. The molecule has 0 saturated carbocycles. The Morgan fingerprint density at radius 2 is 0.606 bits per heavy atom. The molecule has 0 bridgehead atoms. The van der Waals surface area contributed by atoms with Gasteiger partial charge in [-0.1, -0.05) is 127 Å². The number of hydrogen-bond donors (Lipinski definition) is 9. The highest BCUT2D eigenvalue weighted by molar-refractivity contribution is 6.47. The summed E-state index contributed by atoms with van der Waals surface area (Å²) >= 11 is 0. The Bertz CT molecular complexity index is 3790. The summed E-state index contributed by atoms with van der Waals surface area (Å²) in [4.78, 5) is 0. The van der Waals surface area contributed by atoms with E-state index in [4.69, 9.17) is 7.85 Å². The van der Waals surface area contributed by atoms with Crippen LogP contribution in [0.2, 0.25) is 0 Å². The molecule has 2 heterocycles. The molecule has 12 heteroatoms. The first-order chi connectivity index (χ1) is 31.9. The van der Waals surface area contributed by atoms with E-state index in [0.29, 0.717) is 11.3 Å². The van der Waals surface area contributed by atoms with Crippen molar-refractivity contribution < 1.29 is 46.0 Å². The van der Waals surface area contributed by atoms with E-state index >= 15 is 0 Å². The minimum absolute atomic E-state index is 0.0751. The third-order valence-electron chi connectivity index (χ3n) is 12.5. The second-order valence-corrected chi connectivity index (χ2v) is 16.1. The van der Waals surface area contributed by atoms with Crippen molar-refractivity contribution >= 4 is 56.9 Å². The first-order valence-electron chi connectivity index (χ1n) is 20.7. The molecule has 9 aromatic carbocycles. The highest BCUT2D eigenvalue weighted by Crippen LogP contribution is 2.59. The Morgan fingerprint density at radius 1 is 0.258 bits per heavy atom. The number of phenols is 9. The van der Waals surface area contributed by atoms with Gasteiger partial charge in [0, 0.05) is 27.5 Å². The standard InChI is InChI=1S/C54H35BN2O9/c55-41-39-37-38-40-45(51(63)54(66)52(64)46(40)58)56(35-23-21-31(22-24-35)33-14-7-13-32(25-33)28-11-5-2-6-12-28)43(38)49(61)48(60)42(37)57(44(39)50(62)53(65)47(41)59)36-16-8-15-34(26-36)30-19-17-29(18-20-30)27-9-3-1-4-10-27/h1-26,58-66H. The molecule has 11 nitrogen and oxygen atoms in total. The molecule has 66 heavy (non-hydrogen) atoms. The van der Waals surface area contributed by atoms with E-state index < -0.39 is 57.2 Å². The van der Waals surface area contributed by atoms with Gasteiger partial charge in [-0.05, 0) is 80.3 Å². The molecule has 2 radical (unpaired) electrons. The van der Waals surface area contributed by atoms with Crippen molar-refractivity contribution in [3.8, 4) is 108 Å². The first kappa shape index (κ1) is 39.7. The van der Waals surface area contributed by atoms with Crippen LogP contribution in [0.1, 0.15) is 0 Å². The summed E-state index contributed by atoms with van der Waals surface area (Å²) in [5.41, 5.74) is 6.48. The Labute approximate surface area is 376 Å². The molecule has 0 amide bonds. The molecule has 0 atom stereocenters. The molecule has 0 saturated heterocycles. The van der Waals surface area contributed by atoms with Gasteiger partial charge in [-0.3, -0.25) is 0 Å². The molecular formula is C54H35BN2O9. The van der Waals surface area contributed by atoms with Gasteiger partial charge in [-0.15, -0.1) is 0 Å². The van der Waals surface area contributed by atoms with E-state index in [1.54, 1.807) is 42.5 Å². The SMILES string of the molecule is [B]c1c(O)c(O)c(O)c2c1c1c3c4c(O)c(O)c(O)c(O)c4n(-c4ccc(-c5cccc(-c6ccccc6)c5)cc4)c3c(O)c(O)c1n2-c1cccc(-c2ccc(-c3ccccc3)cc2)c1. The average Bonchev–Trinajstić information content (AvgIpc) is 3.91. The Morgan fingerprint density at radius 3 is 1.17 bits per heavy atom. The van der Waals surface area contributed by atoms with Gasteiger partial charge >= 0.3 is 0 Å². The maximum absolute atomic E-state index is 12.3. The van der Waals surface area contributed by atoms with E-state index in [1.807, 2.05) is 115 Å². The Hall–Kier alpha value is -9.16. The van der Waals surface area contributed by atoms with E-state index in [1.165, 1.54) is 9.13 Å².